The molecule has 0 radical (unpaired) electrons. The third-order valence-electron chi connectivity index (χ3n) is 2.19. The van der Waals surface area contributed by atoms with Crippen LogP contribution in [0.4, 0.5) is 5.69 Å². The Hall–Kier alpha value is -1.54. The minimum absolute atomic E-state index is 0.970. The van der Waals surface area contributed by atoms with Gasteiger partial charge in [0.1, 0.15) is 0 Å². The third kappa shape index (κ3) is 1.36. The van der Waals surface area contributed by atoms with Gasteiger partial charge in [0.05, 0.1) is 5.69 Å². The van der Waals surface area contributed by atoms with Crippen LogP contribution in [0.1, 0.15) is 5.56 Å². The van der Waals surface area contributed by atoms with Crippen LogP contribution in [0.5, 0.6) is 0 Å². The molecule has 2 aromatic rings. The molecule has 0 saturated carbocycles. The number of anilines is 1. The Balaban J connectivity index is 2.77. The zero-order valence-electron chi connectivity index (χ0n) is 7.54. The summed E-state index contributed by atoms with van der Waals surface area (Å²) in [6, 6.07) is 12.4. The molecule has 0 aliphatic carbocycles. The van der Waals surface area contributed by atoms with Crippen molar-refractivity contribution in [1.29, 1.82) is 0 Å². The molecule has 3 N–H and O–H groups in total. The van der Waals surface area contributed by atoms with Gasteiger partial charge in [-0.05, 0) is 18.4 Å². The van der Waals surface area contributed by atoms with Gasteiger partial charge < -0.3 is 5.43 Å². The van der Waals surface area contributed by atoms with Crippen LogP contribution in [-0.2, 0) is 0 Å². The van der Waals surface area contributed by atoms with Crippen LogP contribution in [0.15, 0.2) is 36.4 Å². The van der Waals surface area contributed by atoms with Gasteiger partial charge >= 0.3 is 0 Å². The molecule has 0 atom stereocenters. The largest absolute Gasteiger partial charge is 0.324 e. The molecule has 2 rings (SSSR count). The van der Waals surface area contributed by atoms with E-state index >= 15 is 0 Å². The predicted molar refractivity (Wildman–Crippen MR) is 56.5 cm³/mol. The second-order valence-corrected chi connectivity index (χ2v) is 3.17. The summed E-state index contributed by atoms with van der Waals surface area (Å²) in [6.45, 7) is 2.09. The summed E-state index contributed by atoms with van der Waals surface area (Å²) in [5, 5.41) is 2.38. The van der Waals surface area contributed by atoms with E-state index in [1.165, 1.54) is 10.9 Å². The summed E-state index contributed by atoms with van der Waals surface area (Å²) in [4.78, 5) is 0. The van der Waals surface area contributed by atoms with Gasteiger partial charge in [0.15, 0.2) is 0 Å². The van der Waals surface area contributed by atoms with Crippen LogP contribution in [-0.4, -0.2) is 0 Å². The highest BCUT2D eigenvalue weighted by atomic mass is 15.2. The molecule has 0 aliphatic heterocycles. The zero-order valence-corrected chi connectivity index (χ0v) is 7.54. The fourth-order valence-electron chi connectivity index (χ4n) is 1.53. The number of hydrazine groups is 1. The Morgan fingerprint density at radius 1 is 1.15 bits per heavy atom. The number of rotatable bonds is 1. The van der Waals surface area contributed by atoms with Crippen LogP contribution in [0.3, 0.4) is 0 Å². The number of hydrogen-bond acceptors (Lipinski definition) is 2. The molecule has 0 aliphatic rings. The lowest BCUT2D eigenvalue weighted by atomic mass is 10.1. The van der Waals surface area contributed by atoms with Gasteiger partial charge in [0, 0.05) is 5.39 Å². The van der Waals surface area contributed by atoms with E-state index in [4.69, 9.17) is 5.84 Å². The Bertz CT molecular complexity index is 435. The normalized spacial score (nSPS) is 10.3. The number of benzene rings is 2. The maximum atomic E-state index is 5.40. The molecule has 0 saturated heterocycles. The third-order valence-corrected chi connectivity index (χ3v) is 2.19. The first-order valence-corrected chi connectivity index (χ1v) is 4.27. The van der Waals surface area contributed by atoms with Crippen LogP contribution in [0.2, 0.25) is 0 Å². The predicted octanol–water partition coefficient (Wildman–Crippen LogP) is 2.43. The topological polar surface area (TPSA) is 38.0 Å². The van der Waals surface area contributed by atoms with E-state index in [9.17, 15) is 0 Å². The van der Waals surface area contributed by atoms with Crippen molar-refractivity contribution in [2.75, 3.05) is 5.43 Å². The fraction of sp³-hybridized carbons (Fsp3) is 0.0909. The molecule has 2 aromatic carbocycles. The first kappa shape index (κ1) is 8.08. The average Bonchev–Trinajstić information content (AvgIpc) is 2.16. The zero-order chi connectivity index (χ0) is 9.26. The van der Waals surface area contributed by atoms with Crippen molar-refractivity contribution in [2.45, 2.75) is 6.92 Å². The molecule has 2 nitrogen and oxygen atoms in total. The smallest absolute Gasteiger partial charge is 0.0563 e. The minimum atomic E-state index is 0.970. The SMILES string of the molecule is Cc1ccc2c(NN)cccc2c1. The van der Waals surface area contributed by atoms with E-state index in [0.717, 1.165) is 11.1 Å². The summed E-state index contributed by atoms with van der Waals surface area (Å²) < 4.78 is 0. The lowest BCUT2D eigenvalue weighted by Gasteiger charge is -2.05. The van der Waals surface area contributed by atoms with E-state index in [-0.39, 0.29) is 0 Å². The molecule has 2 heteroatoms. The summed E-state index contributed by atoms with van der Waals surface area (Å²) in [6.07, 6.45) is 0. The first-order chi connectivity index (χ1) is 6.31. The van der Waals surface area contributed by atoms with Crippen LogP contribution >= 0.6 is 0 Å². The molecule has 0 unspecified atom stereocenters. The van der Waals surface area contributed by atoms with Gasteiger partial charge in [0.25, 0.3) is 0 Å². The second-order valence-electron chi connectivity index (χ2n) is 3.17. The summed E-state index contributed by atoms with van der Waals surface area (Å²) in [5.74, 6) is 5.40. The second kappa shape index (κ2) is 3.07. The summed E-state index contributed by atoms with van der Waals surface area (Å²) in [5.41, 5.74) is 4.92. The molecule has 0 fully saturated rings. The van der Waals surface area contributed by atoms with E-state index in [0.29, 0.717) is 0 Å². The molecule has 0 spiro atoms. The van der Waals surface area contributed by atoms with Crippen molar-refractivity contribution in [3.8, 4) is 0 Å². The summed E-state index contributed by atoms with van der Waals surface area (Å²) >= 11 is 0. The maximum absolute atomic E-state index is 5.40. The number of nitrogens with two attached hydrogens (primary N) is 1. The minimum Gasteiger partial charge on any atom is -0.324 e. The summed E-state index contributed by atoms with van der Waals surface area (Å²) in [7, 11) is 0. The van der Waals surface area contributed by atoms with E-state index in [2.05, 4.69) is 36.6 Å². The van der Waals surface area contributed by atoms with Gasteiger partial charge in [-0.15, -0.1) is 0 Å². The maximum Gasteiger partial charge on any atom is 0.0563 e. The van der Waals surface area contributed by atoms with Crippen LogP contribution < -0.4 is 11.3 Å². The molecule has 0 heterocycles. The lowest BCUT2D eigenvalue weighted by molar-refractivity contribution is 1.37. The van der Waals surface area contributed by atoms with Gasteiger partial charge in [-0.2, -0.15) is 0 Å². The van der Waals surface area contributed by atoms with E-state index < -0.39 is 0 Å². The highest BCUT2D eigenvalue weighted by Crippen LogP contribution is 2.23. The van der Waals surface area contributed by atoms with Crippen LogP contribution in [0.25, 0.3) is 10.8 Å². The number of hydrogen-bond donors (Lipinski definition) is 2. The molecular formula is C11H12N2. The van der Waals surface area contributed by atoms with Crippen molar-refractivity contribution >= 4 is 16.5 Å². The Labute approximate surface area is 77.3 Å². The first-order valence-electron chi connectivity index (χ1n) is 4.27. The Morgan fingerprint density at radius 2 is 2.00 bits per heavy atom. The van der Waals surface area contributed by atoms with Crippen molar-refractivity contribution in [1.82, 2.24) is 0 Å². The number of aryl methyl sites for hydroxylation is 1. The lowest BCUT2D eigenvalue weighted by Crippen LogP contribution is -2.06. The fourth-order valence-corrected chi connectivity index (χ4v) is 1.53. The molecule has 13 heavy (non-hydrogen) atoms. The van der Waals surface area contributed by atoms with Gasteiger partial charge in [0.2, 0.25) is 0 Å². The highest BCUT2D eigenvalue weighted by Gasteiger charge is 1.97. The molecule has 66 valence electrons. The van der Waals surface area contributed by atoms with Crippen molar-refractivity contribution in [2.24, 2.45) is 5.84 Å². The van der Waals surface area contributed by atoms with E-state index in [1.807, 2.05) is 12.1 Å². The standard InChI is InChI=1S/C11H12N2/c1-8-5-6-10-9(7-8)3-2-4-11(10)13-12/h2-7,13H,12H2,1H3. The molecule has 0 amide bonds. The number of nitrogens with one attached hydrogen (secondary N) is 1. The van der Waals surface area contributed by atoms with Crippen LogP contribution in [0, 0.1) is 6.92 Å². The van der Waals surface area contributed by atoms with Gasteiger partial charge in [-0.3, -0.25) is 5.84 Å². The van der Waals surface area contributed by atoms with Gasteiger partial charge in [-0.1, -0.05) is 35.9 Å². The molecule has 0 aromatic heterocycles. The van der Waals surface area contributed by atoms with Crippen molar-refractivity contribution < 1.29 is 0 Å². The van der Waals surface area contributed by atoms with Gasteiger partial charge in [-0.25, -0.2) is 0 Å². The number of nitrogen functional groups attached to an aromatic ring is 1. The molecular weight excluding hydrogens is 160 g/mol. The quantitative estimate of drug-likeness (QED) is 0.512. The van der Waals surface area contributed by atoms with Crippen molar-refractivity contribution in [3.05, 3.63) is 42.0 Å². The Morgan fingerprint density at radius 3 is 2.77 bits per heavy atom. The molecule has 0 bridgehead atoms. The van der Waals surface area contributed by atoms with E-state index in [1.54, 1.807) is 0 Å². The average molecular weight is 172 g/mol. The highest BCUT2D eigenvalue weighted by molar-refractivity contribution is 5.94. The monoisotopic (exact) mass is 172 g/mol. The number of fused-ring (bicyclic) bond motifs is 1. The Kier molecular flexibility index (Phi) is 1.91. The van der Waals surface area contributed by atoms with Crippen molar-refractivity contribution in [3.63, 3.8) is 0 Å².